The number of aliphatic hydroxyl groups is 1. The van der Waals surface area contributed by atoms with Crippen molar-refractivity contribution in [2.75, 3.05) is 19.7 Å². The molecule has 1 unspecified atom stereocenters. The fourth-order valence-corrected chi connectivity index (χ4v) is 3.73. The number of benzene rings is 1. The van der Waals surface area contributed by atoms with Crippen LogP contribution in [0.1, 0.15) is 26.2 Å². The summed E-state index contributed by atoms with van der Waals surface area (Å²) in [6, 6.07) is 6.45. The second-order valence-corrected chi connectivity index (χ2v) is 6.92. The summed E-state index contributed by atoms with van der Waals surface area (Å²) in [7, 11) is -3.51. The molecular weight excluding hydrogens is 278 g/mol. The maximum Gasteiger partial charge on any atom is 0.243 e. The van der Waals surface area contributed by atoms with Crippen molar-refractivity contribution in [2.24, 2.45) is 0 Å². The van der Waals surface area contributed by atoms with E-state index in [0.717, 1.165) is 6.42 Å². The first-order valence-electron chi connectivity index (χ1n) is 6.95. The number of hydrogen-bond donors (Lipinski definition) is 1. The molecule has 1 aliphatic heterocycles. The third-order valence-electron chi connectivity index (χ3n) is 3.29. The predicted octanol–water partition coefficient (Wildman–Crippen LogP) is 1.62. The van der Waals surface area contributed by atoms with Gasteiger partial charge >= 0.3 is 0 Å². The van der Waals surface area contributed by atoms with Crippen molar-refractivity contribution in [3.8, 4) is 5.75 Å². The maximum atomic E-state index is 12.4. The van der Waals surface area contributed by atoms with Gasteiger partial charge in [0.2, 0.25) is 10.0 Å². The lowest BCUT2D eigenvalue weighted by atomic mass is 10.1. The van der Waals surface area contributed by atoms with Crippen molar-refractivity contribution < 1.29 is 18.3 Å². The SMILES string of the molecule is CCCOc1ccc(S(=O)(=O)N2CCCC(O)C2)cc1. The zero-order valence-electron chi connectivity index (χ0n) is 11.7. The quantitative estimate of drug-likeness (QED) is 0.897. The number of aliphatic hydroxyl groups excluding tert-OH is 1. The molecule has 1 heterocycles. The highest BCUT2D eigenvalue weighted by Gasteiger charge is 2.29. The highest BCUT2D eigenvalue weighted by atomic mass is 32.2. The Morgan fingerprint density at radius 3 is 2.65 bits per heavy atom. The van der Waals surface area contributed by atoms with Crippen molar-refractivity contribution in [3.63, 3.8) is 0 Å². The molecular formula is C14H21NO4S. The monoisotopic (exact) mass is 299 g/mol. The molecule has 1 saturated heterocycles. The summed E-state index contributed by atoms with van der Waals surface area (Å²) in [5.41, 5.74) is 0. The van der Waals surface area contributed by atoms with E-state index >= 15 is 0 Å². The van der Waals surface area contributed by atoms with Crippen LogP contribution in [0.3, 0.4) is 0 Å². The van der Waals surface area contributed by atoms with E-state index in [1.54, 1.807) is 24.3 Å². The van der Waals surface area contributed by atoms with E-state index in [9.17, 15) is 13.5 Å². The van der Waals surface area contributed by atoms with Gasteiger partial charge in [0, 0.05) is 13.1 Å². The van der Waals surface area contributed by atoms with Crippen molar-refractivity contribution in [3.05, 3.63) is 24.3 Å². The Bertz CT molecular complexity index is 527. The van der Waals surface area contributed by atoms with Crippen LogP contribution in [0.4, 0.5) is 0 Å². The van der Waals surface area contributed by atoms with Crippen molar-refractivity contribution in [1.82, 2.24) is 4.31 Å². The van der Waals surface area contributed by atoms with Gasteiger partial charge in [-0.05, 0) is 43.5 Å². The number of sulfonamides is 1. The molecule has 1 aliphatic rings. The van der Waals surface area contributed by atoms with Gasteiger partial charge in [-0.2, -0.15) is 4.31 Å². The number of nitrogens with zero attached hydrogens (tertiary/aromatic N) is 1. The Hall–Kier alpha value is -1.11. The average Bonchev–Trinajstić information content (AvgIpc) is 2.45. The Labute approximate surface area is 120 Å². The van der Waals surface area contributed by atoms with Gasteiger partial charge in [-0.3, -0.25) is 0 Å². The van der Waals surface area contributed by atoms with Gasteiger partial charge in [0.05, 0.1) is 17.6 Å². The summed E-state index contributed by atoms with van der Waals surface area (Å²) in [4.78, 5) is 0.246. The van der Waals surface area contributed by atoms with Gasteiger partial charge in [-0.15, -0.1) is 0 Å². The molecule has 1 fully saturated rings. The van der Waals surface area contributed by atoms with Crippen molar-refractivity contribution >= 4 is 10.0 Å². The summed E-state index contributed by atoms with van der Waals surface area (Å²) in [5.74, 6) is 0.671. The minimum absolute atomic E-state index is 0.177. The second kappa shape index (κ2) is 6.56. The molecule has 0 bridgehead atoms. The molecule has 0 amide bonds. The van der Waals surface area contributed by atoms with E-state index in [1.807, 2.05) is 6.92 Å². The van der Waals surface area contributed by atoms with Crippen LogP contribution in [0.15, 0.2) is 29.2 Å². The van der Waals surface area contributed by atoms with Gasteiger partial charge in [0.15, 0.2) is 0 Å². The Balaban J connectivity index is 2.12. The van der Waals surface area contributed by atoms with Crippen LogP contribution in [0.2, 0.25) is 0 Å². The van der Waals surface area contributed by atoms with Crippen LogP contribution >= 0.6 is 0 Å². The summed E-state index contributed by atoms with van der Waals surface area (Å²) < 4.78 is 31.7. The van der Waals surface area contributed by atoms with Gasteiger partial charge < -0.3 is 9.84 Å². The molecule has 0 saturated carbocycles. The molecule has 6 heteroatoms. The zero-order valence-corrected chi connectivity index (χ0v) is 12.5. The molecule has 1 aromatic rings. The molecule has 112 valence electrons. The van der Waals surface area contributed by atoms with E-state index in [-0.39, 0.29) is 11.4 Å². The smallest absolute Gasteiger partial charge is 0.243 e. The zero-order chi connectivity index (χ0) is 14.6. The fourth-order valence-electron chi connectivity index (χ4n) is 2.22. The Morgan fingerprint density at radius 2 is 2.05 bits per heavy atom. The molecule has 5 nitrogen and oxygen atoms in total. The summed E-state index contributed by atoms with van der Waals surface area (Å²) in [6.07, 6.45) is 1.70. The number of rotatable bonds is 5. The van der Waals surface area contributed by atoms with Crippen LogP contribution in [0.25, 0.3) is 0 Å². The molecule has 1 aromatic carbocycles. The van der Waals surface area contributed by atoms with Gasteiger partial charge in [-0.1, -0.05) is 6.92 Å². The van der Waals surface area contributed by atoms with E-state index < -0.39 is 16.1 Å². The van der Waals surface area contributed by atoms with Crippen LogP contribution < -0.4 is 4.74 Å². The lowest BCUT2D eigenvalue weighted by molar-refractivity contribution is 0.108. The lowest BCUT2D eigenvalue weighted by Crippen LogP contribution is -2.42. The third-order valence-corrected chi connectivity index (χ3v) is 5.17. The molecule has 2 rings (SSSR count). The Morgan fingerprint density at radius 1 is 1.35 bits per heavy atom. The molecule has 0 aliphatic carbocycles. The first-order chi connectivity index (χ1) is 9.54. The standard InChI is InChI=1S/C14H21NO4S/c1-2-10-19-13-5-7-14(8-6-13)20(17,18)15-9-3-4-12(16)11-15/h5-8,12,16H,2-4,9-11H2,1H3. The summed E-state index contributed by atoms with van der Waals surface area (Å²) in [6.45, 7) is 3.27. The van der Waals surface area contributed by atoms with Gasteiger partial charge in [-0.25, -0.2) is 8.42 Å². The van der Waals surface area contributed by atoms with Crippen LogP contribution in [0, 0.1) is 0 Å². The fraction of sp³-hybridized carbons (Fsp3) is 0.571. The highest BCUT2D eigenvalue weighted by molar-refractivity contribution is 7.89. The van der Waals surface area contributed by atoms with Gasteiger partial charge in [0.25, 0.3) is 0 Å². The van der Waals surface area contributed by atoms with E-state index in [2.05, 4.69) is 0 Å². The third kappa shape index (κ3) is 3.50. The maximum absolute atomic E-state index is 12.4. The van der Waals surface area contributed by atoms with Crippen molar-refractivity contribution in [1.29, 1.82) is 0 Å². The first kappa shape index (κ1) is 15.3. The van der Waals surface area contributed by atoms with Gasteiger partial charge in [0.1, 0.15) is 5.75 Å². The molecule has 0 aromatic heterocycles. The second-order valence-electron chi connectivity index (χ2n) is 4.98. The van der Waals surface area contributed by atoms with Crippen LogP contribution in [0.5, 0.6) is 5.75 Å². The number of ether oxygens (including phenoxy) is 1. The lowest BCUT2D eigenvalue weighted by Gasteiger charge is -2.29. The summed E-state index contributed by atoms with van der Waals surface area (Å²) >= 11 is 0. The number of hydrogen-bond acceptors (Lipinski definition) is 4. The molecule has 1 N–H and O–H groups in total. The molecule has 1 atom stereocenters. The minimum atomic E-state index is -3.51. The van der Waals surface area contributed by atoms with Crippen LogP contribution in [-0.2, 0) is 10.0 Å². The van der Waals surface area contributed by atoms with E-state index in [1.165, 1.54) is 4.31 Å². The first-order valence-corrected chi connectivity index (χ1v) is 8.39. The average molecular weight is 299 g/mol. The topological polar surface area (TPSA) is 66.8 Å². The normalized spacial score (nSPS) is 20.8. The highest BCUT2D eigenvalue weighted by Crippen LogP contribution is 2.22. The minimum Gasteiger partial charge on any atom is -0.494 e. The van der Waals surface area contributed by atoms with E-state index in [4.69, 9.17) is 4.74 Å². The van der Waals surface area contributed by atoms with Crippen LogP contribution in [-0.4, -0.2) is 43.6 Å². The van der Waals surface area contributed by atoms with Crippen molar-refractivity contribution in [2.45, 2.75) is 37.2 Å². The largest absolute Gasteiger partial charge is 0.494 e. The number of piperidine rings is 1. The summed E-state index contributed by atoms with van der Waals surface area (Å²) in [5, 5.41) is 9.60. The molecule has 0 spiro atoms. The Kier molecular flexibility index (Phi) is 5.01. The number of β-amino-alcohol motifs (C(OH)–C–C–N with tert-alkyl or cyclic N) is 1. The molecule has 20 heavy (non-hydrogen) atoms. The molecule has 0 radical (unpaired) electrons. The predicted molar refractivity (Wildman–Crippen MR) is 76.2 cm³/mol. The van der Waals surface area contributed by atoms with E-state index in [0.29, 0.717) is 31.7 Å².